The van der Waals surface area contributed by atoms with Crippen LogP contribution in [-0.2, 0) is 0 Å². The highest BCUT2D eigenvalue weighted by atomic mass is 14.8. The molecule has 3 rings (SSSR count). The number of hydrogen-bond acceptors (Lipinski definition) is 1. The highest BCUT2D eigenvalue weighted by Gasteiger charge is 2.52. The molecule has 1 nitrogen and oxygen atoms in total. The van der Waals surface area contributed by atoms with Crippen molar-refractivity contribution in [2.24, 2.45) is 33.6 Å². The first-order valence-electron chi connectivity index (χ1n) is 10.6. The van der Waals surface area contributed by atoms with Crippen LogP contribution in [0.1, 0.15) is 60.8 Å². The van der Waals surface area contributed by atoms with Gasteiger partial charge in [0.05, 0.1) is 6.04 Å². The zero-order valence-electron chi connectivity index (χ0n) is 18.1. The number of fused-ring (bicyclic) bond motifs is 1. The molecule has 3 aliphatic rings. The smallest absolute Gasteiger partial charge is 0.0748 e. The van der Waals surface area contributed by atoms with Crippen molar-refractivity contribution < 1.29 is 0 Å². The van der Waals surface area contributed by atoms with Gasteiger partial charge in [-0.05, 0) is 50.0 Å². The van der Waals surface area contributed by atoms with Crippen molar-refractivity contribution in [1.29, 1.82) is 0 Å². The number of rotatable bonds is 6. The normalized spacial score (nSPS) is 29.4. The molecule has 0 fully saturated rings. The summed E-state index contributed by atoms with van der Waals surface area (Å²) in [6.07, 6.45) is 19.8. The summed E-state index contributed by atoms with van der Waals surface area (Å²) in [5.74, 6) is 1.42. The second-order valence-corrected chi connectivity index (χ2v) is 9.78. The van der Waals surface area contributed by atoms with Crippen molar-refractivity contribution in [3.8, 4) is 0 Å². The van der Waals surface area contributed by atoms with Gasteiger partial charge in [0.15, 0.2) is 0 Å². The van der Waals surface area contributed by atoms with E-state index < -0.39 is 0 Å². The van der Waals surface area contributed by atoms with Gasteiger partial charge in [-0.25, -0.2) is 0 Å². The van der Waals surface area contributed by atoms with Crippen molar-refractivity contribution in [3.05, 3.63) is 59.8 Å². The van der Waals surface area contributed by atoms with Crippen LogP contribution in [-0.4, -0.2) is 12.3 Å². The Morgan fingerprint density at radius 3 is 2.48 bits per heavy atom. The van der Waals surface area contributed by atoms with Gasteiger partial charge in [0.1, 0.15) is 0 Å². The highest BCUT2D eigenvalue weighted by Crippen LogP contribution is 2.58. The Bertz CT molecular complexity index is 740. The van der Waals surface area contributed by atoms with Crippen molar-refractivity contribution in [2.45, 2.75) is 66.8 Å². The standard InChI is InChI=1S/C26H37N/c1-18(2)25(6,7)17-26(19(3)4,22-14-10-8-12-20(22)5)23-16-27-24-15-11-9-13-21(23)24/h9,11-16,19,21,23-24H,1,8,10,17H2,2-7H3. The monoisotopic (exact) mass is 363 g/mol. The van der Waals surface area contributed by atoms with Gasteiger partial charge in [-0.1, -0.05) is 81.9 Å². The zero-order chi connectivity index (χ0) is 19.8. The van der Waals surface area contributed by atoms with Gasteiger partial charge in [0.25, 0.3) is 0 Å². The molecular weight excluding hydrogens is 326 g/mol. The maximum Gasteiger partial charge on any atom is 0.0748 e. The molecule has 0 saturated carbocycles. The van der Waals surface area contributed by atoms with E-state index in [1.165, 1.54) is 17.6 Å². The predicted molar refractivity (Wildman–Crippen MR) is 119 cm³/mol. The molecule has 2 aliphatic carbocycles. The molecule has 146 valence electrons. The lowest BCUT2D eigenvalue weighted by Crippen LogP contribution is -2.45. The maximum absolute atomic E-state index is 4.95. The predicted octanol–water partition coefficient (Wildman–Crippen LogP) is 7.10. The molecule has 0 amide bonds. The Morgan fingerprint density at radius 1 is 1.19 bits per heavy atom. The first-order valence-corrected chi connectivity index (χ1v) is 10.6. The second-order valence-electron chi connectivity index (χ2n) is 9.78. The third kappa shape index (κ3) is 3.46. The molecule has 0 N–H and O–H groups in total. The van der Waals surface area contributed by atoms with Crippen LogP contribution in [0.2, 0.25) is 0 Å². The third-order valence-corrected chi connectivity index (χ3v) is 7.39. The maximum atomic E-state index is 4.95. The van der Waals surface area contributed by atoms with Crippen molar-refractivity contribution in [2.75, 3.05) is 0 Å². The Hall–Kier alpha value is -1.63. The number of aliphatic imine (C=N–C) groups is 1. The third-order valence-electron chi connectivity index (χ3n) is 7.39. The first kappa shape index (κ1) is 20.1. The van der Waals surface area contributed by atoms with E-state index in [0.29, 0.717) is 23.8 Å². The molecule has 1 heteroatoms. The topological polar surface area (TPSA) is 12.4 Å². The SMILES string of the molecule is C=C(C)C(C)(C)CC(C1=CCCC=C1C)(C(C)C)C1C=NC2C=CC=CC21. The van der Waals surface area contributed by atoms with Crippen molar-refractivity contribution >= 4 is 6.21 Å². The molecule has 0 saturated heterocycles. The van der Waals surface area contributed by atoms with E-state index in [9.17, 15) is 0 Å². The van der Waals surface area contributed by atoms with Gasteiger partial charge in [0.2, 0.25) is 0 Å². The molecule has 0 aromatic heterocycles. The summed E-state index contributed by atoms with van der Waals surface area (Å²) in [5.41, 5.74) is 4.47. The Kier molecular flexibility index (Phi) is 5.52. The number of nitrogens with zero attached hydrogens (tertiary/aromatic N) is 1. The van der Waals surface area contributed by atoms with Crippen molar-refractivity contribution in [1.82, 2.24) is 0 Å². The van der Waals surface area contributed by atoms with Gasteiger partial charge >= 0.3 is 0 Å². The average Bonchev–Trinajstić information content (AvgIpc) is 3.04. The van der Waals surface area contributed by atoms with Crippen LogP contribution in [0.15, 0.2) is 64.7 Å². The van der Waals surface area contributed by atoms with E-state index in [4.69, 9.17) is 4.99 Å². The van der Waals surface area contributed by atoms with E-state index in [0.717, 1.165) is 12.8 Å². The summed E-state index contributed by atoms with van der Waals surface area (Å²) in [7, 11) is 0. The minimum atomic E-state index is 0.0713. The van der Waals surface area contributed by atoms with Gasteiger partial charge in [-0.3, -0.25) is 4.99 Å². The molecule has 0 aromatic rings. The lowest BCUT2D eigenvalue weighted by Gasteiger charge is -2.51. The van der Waals surface area contributed by atoms with Crippen LogP contribution in [0.3, 0.4) is 0 Å². The van der Waals surface area contributed by atoms with Crippen LogP contribution in [0, 0.1) is 28.6 Å². The Balaban J connectivity index is 2.16. The van der Waals surface area contributed by atoms with E-state index in [1.54, 1.807) is 5.57 Å². The van der Waals surface area contributed by atoms with Gasteiger partial charge in [0, 0.05) is 23.5 Å². The molecule has 0 aromatic carbocycles. The van der Waals surface area contributed by atoms with Crippen LogP contribution < -0.4 is 0 Å². The quantitative estimate of drug-likeness (QED) is 0.446. The fourth-order valence-corrected chi connectivity index (χ4v) is 5.39. The summed E-state index contributed by atoms with van der Waals surface area (Å²) >= 11 is 0. The summed E-state index contributed by atoms with van der Waals surface area (Å²) in [4.78, 5) is 4.95. The largest absolute Gasteiger partial charge is 0.289 e. The van der Waals surface area contributed by atoms with Crippen LogP contribution >= 0.6 is 0 Å². The second kappa shape index (κ2) is 7.41. The Morgan fingerprint density at radius 2 is 1.85 bits per heavy atom. The summed E-state index contributed by atoms with van der Waals surface area (Å²) in [5, 5.41) is 0. The van der Waals surface area contributed by atoms with Gasteiger partial charge in [-0.15, -0.1) is 0 Å². The fourth-order valence-electron chi connectivity index (χ4n) is 5.39. The molecule has 4 atom stereocenters. The van der Waals surface area contributed by atoms with E-state index in [1.807, 2.05) is 0 Å². The highest BCUT2D eigenvalue weighted by molar-refractivity contribution is 5.69. The molecular formula is C26H37N. The summed E-state index contributed by atoms with van der Waals surface area (Å²) in [6, 6.07) is 0.305. The zero-order valence-corrected chi connectivity index (χ0v) is 18.1. The minimum Gasteiger partial charge on any atom is -0.289 e. The number of allylic oxidation sites excluding steroid dienone is 7. The van der Waals surface area contributed by atoms with Crippen LogP contribution in [0.4, 0.5) is 0 Å². The van der Waals surface area contributed by atoms with E-state index in [-0.39, 0.29) is 10.8 Å². The summed E-state index contributed by atoms with van der Waals surface area (Å²) < 4.78 is 0. The van der Waals surface area contributed by atoms with Gasteiger partial charge in [-0.2, -0.15) is 0 Å². The van der Waals surface area contributed by atoms with Gasteiger partial charge < -0.3 is 0 Å². The number of hydrogen-bond donors (Lipinski definition) is 0. The minimum absolute atomic E-state index is 0.0713. The molecule has 27 heavy (non-hydrogen) atoms. The Labute approximate surface area is 166 Å². The fraction of sp³-hybridized carbons (Fsp3) is 0.577. The lowest BCUT2D eigenvalue weighted by atomic mass is 9.52. The van der Waals surface area contributed by atoms with E-state index in [2.05, 4.69) is 90.8 Å². The molecule has 0 radical (unpaired) electrons. The molecule has 4 unspecified atom stereocenters. The van der Waals surface area contributed by atoms with E-state index >= 15 is 0 Å². The lowest BCUT2D eigenvalue weighted by molar-refractivity contribution is 0.100. The van der Waals surface area contributed by atoms with Crippen LogP contribution in [0.5, 0.6) is 0 Å². The molecule has 0 spiro atoms. The molecule has 1 aliphatic heterocycles. The summed E-state index contributed by atoms with van der Waals surface area (Å²) in [6.45, 7) is 18.4. The molecule has 1 heterocycles. The van der Waals surface area contributed by atoms with Crippen LogP contribution in [0.25, 0.3) is 0 Å². The average molecular weight is 364 g/mol. The molecule has 0 bridgehead atoms. The van der Waals surface area contributed by atoms with Crippen molar-refractivity contribution in [3.63, 3.8) is 0 Å². The first-order chi connectivity index (χ1) is 12.7.